The molecule has 0 radical (unpaired) electrons. The lowest BCUT2D eigenvalue weighted by Gasteiger charge is -2.25. The van der Waals surface area contributed by atoms with E-state index < -0.39 is 0 Å². The summed E-state index contributed by atoms with van der Waals surface area (Å²) in [5.41, 5.74) is 9.17. The van der Waals surface area contributed by atoms with Crippen LogP contribution in [0.2, 0.25) is 0 Å². The number of carbonyl (C=O) groups is 1. The van der Waals surface area contributed by atoms with Crippen molar-refractivity contribution in [1.82, 2.24) is 4.98 Å². The number of amides is 1. The Morgan fingerprint density at radius 3 is 2.87 bits per heavy atom. The van der Waals surface area contributed by atoms with E-state index in [0.717, 1.165) is 36.9 Å². The van der Waals surface area contributed by atoms with E-state index in [1.54, 1.807) is 0 Å². The lowest BCUT2D eigenvalue weighted by molar-refractivity contribution is -0.120. The molecule has 1 aliphatic carbocycles. The zero-order chi connectivity index (χ0) is 15.5. The molecule has 2 aromatic rings. The molecule has 1 heterocycles. The van der Waals surface area contributed by atoms with Gasteiger partial charge in [-0.25, -0.2) is 4.98 Å². The van der Waals surface area contributed by atoms with Crippen LogP contribution in [0.5, 0.6) is 0 Å². The number of rotatable bonds is 3. The molecule has 1 amide bonds. The van der Waals surface area contributed by atoms with Gasteiger partial charge in [-0.1, -0.05) is 30.7 Å². The highest BCUT2D eigenvalue weighted by Gasteiger charge is 2.25. The summed E-state index contributed by atoms with van der Waals surface area (Å²) >= 11 is 1.47. The Kier molecular flexibility index (Phi) is 6.16. The second-order valence-electron chi connectivity index (χ2n) is 5.97. The van der Waals surface area contributed by atoms with Crippen molar-refractivity contribution < 1.29 is 4.79 Å². The molecule has 1 aromatic carbocycles. The monoisotopic (exact) mass is 351 g/mol. The van der Waals surface area contributed by atoms with Crippen molar-refractivity contribution in [3.8, 4) is 11.3 Å². The third-order valence-electron chi connectivity index (χ3n) is 4.24. The Balaban J connectivity index is 0.00000192. The average molecular weight is 352 g/mol. The molecule has 0 bridgehead atoms. The number of thiazole rings is 1. The SMILES string of the molecule is Cc1ccccc1-c1csc(NC(=O)C2CCCC(N)C2)n1.Cl. The Labute approximate surface area is 146 Å². The van der Waals surface area contributed by atoms with Crippen LogP contribution in [-0.4, -0.2) is 16.9 Å². The van der Waals surface area contributed by atoms with Crippen LogP contribution in [0.3, 0.4) is 0 Å². The Morgan fingerprint density at radius 2 is 2.13 bits per heavy atom. The topological polar surface area (TPSA) is 68.0 Å². The van der Waals surface area contributed by atoms with Gasteiger partial charge in [0.1, 0.15) is 0 Å². The van der Waals surface area contributed by atoms with Gasteiger partial charge < -0.3 is 11.1 Å². The normalized spacial score (nSPS) is 20.6. The predicted octanol–water partition coefficient (Wildman–Crippen LogP) is 4.00. The standard InChI is InChI=1S/C17H21N3OS.ClH/c1-11-5-2-3-8-14(11)15-10-22-17(19-15)20-16(21)12-6-4-7-13(18)9-12;/h2-3,5,8,10,12-13H,4,6-7,9,18H2,1H3,(H,19,20,21);1H. The lowest BCUT2D eigenvalue weighted by Crippen LogP contribution is -2.34. The molecule has 6 heteroatoms. The molecule has 1 aliphatic rings. The summed E-state index contributed by atoms with van der Waals surface area (Å²) in [4.78, 5) is 16.9. The van der Waals surface area contributed by atoms with E-state index in [4.69, 9.17) is 5.73 Å². The summed E-state index contributed by atoms with van der Waals surface area (Å²) in [5, 5.41) is 5.61. The fraction of sp³-hybridized carbons (Fsp3) is 0.412. The van der Waals surface area contributed by atoms with Gasteiger partial charge in [0.05, 0.1) is 5.69 Å². The Hall–Kier alpha value is -1.43. The number of hydrogen-bond donors (Lipinski definition) is 2. The van der Waals surface area contributed by atoms with Gasteiger partial charge in [-0.15, -0.1) is 23.7 Å². The van der Waals surface area contributed by atoms with Crippen LogP contribution in [0.25, 0.3) is 11.3 Å². The van der Waals surface area contributed by atoms with Gasteiger partial charge in [0.25, 0.3) is 0 Å². The van der Waals surface area contributed by atoms with Gasteiger partial charge in [-0.2, -0.15) is 0 Å². The van der Waals surface area contributed by atoms with Crippen molar-refractivity contribution in [2.75, 3.05) is 5.32 Å². The van der Waals surface area contributed by atoms with Gasteiger partial charge in [-0.05, 0) is 31.7 Å². The van der Waals surface area contributed by atoms with Gasteiger partial charge >= 0.3 is 0 Å². The molecule has 0 aliphatic heterocycles. The number of aryl methyl sites for hydroxylation is 1. The number of nitrogens with zero attached hydrogens (tertiary/aromatic N) is 1. The largest absolute Gasteiger partial charge is 0.328 e. The van der Waals surface area contributed by atoms with Crippen molar-refractivity contribution in [3.63, 3.8) is 0 Å². The zero-order valence-corrected chi connectivity index (χ0v) is 14.8. The summed E-state index contributed by atoms with van der Waals surface area (Å²) < 4.78 is 0. The lowest BCUT2D eigenvalue weighted by atomic mass is 9.86. The Morgan fingerprint density at radius 1 is 1.35 bits per heavy atom. The second-order valence-corrected chi connectivity index (χ2v) is 6.82. The Bertz CT molecular complexity index is 673. The van der Waals surface area contributed by atoms with E-state index in [9.17, 15) is 4.79 Å². The number of carbonyl (C=O) groups excluding carboxylic acids is 1. The molecule has 2 unspecified atom stereocenters. The maximum absolute atomic E-state index is 12.3. The highest BCUT2D eigenvalue weighted by Crippen LogP contribution is 2.29. The molecule has 0 spiro atoms. The third-order valence-corrected chi connectivity index (χ3v) is 5.00. The minimum Gasteiger partial charge on any atom is -0.328 e. The molecular formula is C17H22ClN3OS. The minimum atomic E-state index is 0. The highest BCUT2D eigenvalue weighted by molar-refractivity contribution is 7.14. The van der Waals surface area contributed by atoms with Crippen molar-refractivity contribution in [3.05, 3.63) is 35.2 Å². The molecular weight excluding hydrogens is 330 g/mol. The maximum Gasteiger partial charge on any atom is 0.229 e. The fourth-order valence-corrected chi connectivity index (χ4v) is 3.70. The summed E-state index contributed by atoms with van der Waals surface area (Å²) in [5.74, 6) is 0.0791. The van der Waals surface area contributed by atoms with E-state index >= 15 is 0 Å². The molecule has 1 fully saturated rings. The molecule has 124 valence electrons. The first-order valence-electron chi connectivity index (χ1n) is 7.71. The van der Waals surface area contributed by atoms with E-state index in [2.05, 4.69) is 29.4 Å². The maximum atomic E-state index is 12.3. The van der Waals surface area contributed by atoms with Crippen LogP contribution < -0.4 is 11.1 Å². The van der Waals surface area contributed by atoms with E-state index in [-0.39, 0.29) is 30.3 Å². The van der Waals surface area contributed by atoms with Crippen LogP contribution in [0.1, 0.15) is 31.2 Å². The summed E-state index contributed by atoms with van der Waals surface area (Å²) in [7, 11) is 0. The first kappa shape index (κ1) is 17.9. The minimum absolute atomic E-state index is 0. The second kappa shape index (κ2) is 7.90. The van der Waals surface area contributed by atoms with Gasteiger partial charge in [0.15, 0.2) is 5.13 Å². The first-order valence-corrected chi connectivity index (χ1v) is 8.59. The molecule has 3 N–H and O–H groups in total. The molecule has 1 saturated carbocycles. The van der Waals surface area contributed by atoms with Crippen LogP contribution >= 0.6 is 23.7 Å². The quantitative estimate of drug-likeness (QED) is 0.878. The zero-order valence-electron chi connectivity index (χ0n) is 13.1. The first-order chi connectivity index (χ1) is 10.6. The number of benzene rings is 1. The molecule has 4 nitrogen and oxygen atoms in total. The van der Waals surface area contributed by atoms with Crippen molar-refractivity contribution in [2.24, 2.45) is 11.7 Å². The number of hydrogen-bond acceptors (Lipinski definition) is 4. The summed E-state index contributed by atoms with van der Waals surface area (Å²) in [6.45, 7) is 2.07. The van der Waals surface area contributed by atoms with Gasteiger partial charge in [0, 0.05) is 22.9 Å². The molecule has 2 atom stereocenters. The molecule has 0 saturated heterocycles. The summed E-state index contributed by atoms with van der Waals surface area (Å²) in [6.07, 6.45) is 3.77. The van der Waals surface area contributed by atoms with Crippen LogP contribution in [0.4, 0.5) is 5.13 Å². The van der Waals surface area contributed by atoms with E-state index in [0.29, 0.717) is 5.13 Å². The van der Waals surface area contributed by atoms with Gasteiger partial charge in [-0.3, -0.25) is 4.79 Å². The van der Waals surface area contributed by atoms with E-state index in [1.807, 2.05) is 17.5 Å². The average Bonchev–Trinajstić information content (AvgIpc) is 2.96. The van der Waals surface area contributed by atoms with Crippen molar-refractivity contribution >= 4 is 34.8 Å². The molecule has 23 heavy (non-hydrogen) atoms. The fourth-order valence-electron chi connectivity index (χ4n) is 2.99. The molecule has 3 rings (SSSR count). The third kappa shape index (κ3) is 4.31. The van der Waals surface area contributed by atoms with Crippen LogP contribution in [-0.2, 0) is 4.79 Å². The summed E-state index contributed by atoms with van der Waals surface area (Å²) in [6, 6.07) is 8.29. The van der Waals surface area contributed by atoms with Crippen LogP contribution in [0, 0.1) is 12.8 Å². The number of anilines is 1. The smallest absolute Gasteiger partial charge is 0.229 e. The van der Waals surface area contributed by atoms with Gasteiger partial charge in [0.2, 0.25) is 5.91 Å². The number of halogens is 1. The predicted molar refractivity (Wildman–Crippen MR) is 98.1 cm³/mol. The van der Waals surface area contributed by atoms with Crippen molar-refractivity contribution in [1.29, 1.82) is 0 Å². The number of nitrogens with two attached hydrogens (primary N) is 1. The molecule has 1 aromatic heterocycles. The van der Waals surface area contributed by atoms with E-state index in [1.165, 1.54) is 16.9 Å². The highest BCUT2D eigenvalue weighted by atomic mass is 35.5. The van der Waals surface area contributed by atoms with Crippen LogP contribution in [0.15, 0.2) is 29.6 Å². The van der Waals surface area contributed by atoms with Crippen molar-refractivity contribution in [2.45, 2.75) is 38.6 Å². The number of nitrogens with one attached hydrogen (secondary N) is 1. The number of aromatic nitrogens is 1.